The zero-order valence-electron chi connectivity index (χ0n) is 15.1. The average molecular weight is 398 g/mol. The van der Waals surface area contributed by atoms with Crippen molar-refractivity contribution in [3.63, 3.8) is 0 Å². The summed E-state index contributed by atoms with van der Waals surface area (Å²) in [6.07, 6.45) is -4.85. The van der Waals surface area contributed by atoms with Gasteiger partial charge in [-0.2, -0.15) is 23.7 Å². The molecule has 1 aliphatic heterocycles. The minimum atomic E-state index is -4.85. The third-order valence-electron chi connectivity index (χ3n) is 4.83. The highest BCUT2D eigenvalue weighted by molar-refractivity contribution is 6.23. The van der Waals surface area contributed by atoms with Gasteiger partial charge in [-0.25, -0.2) is 9.69 Å². The molecule has 3 amide bonds. The first-order valence-electron chi connectivity index (χ1n) is 8.36. The van der Waals surface area contributed by atoms with E-state index in [2.05, 4.69) is 0 Å². The SMILES string of the molecule is CC1(c2ccccc2)C(=O)N(c2ccc(C#N)c(C(F)(F)F)c2)C(=O)N1CC#N. The van der Waals surface area contributed by atoms with Gasteiger partial charge < -0.3 is 0 Å². The molecule has 0 radical (unpaired) electrons. The van der Waals surface area contributed by atoms with Crippen molar-refractivity contribution in [2.45, 2.75) is 18.6 Å². The molecule has 2 aromatic carbocycles. The van der Waals surface area contributed by atoms with Gasteiger partial charge in [-0.3, -0.25) is 9.69 Å². The molecule has 1 unspecified atom stereocenters. The predicted octanol–water partition coefficient (Wildman–Crippen LogP) is 3.78. The Morgan fingerprint density at radius 2 is 1.72 bits per heavy atom. The van der Waals surface area contributed by atoms with Gasteiger partial charge in [0, 0.05) is 0 Å². The summed E-state index contributed by atoms with van der Waals surface area (Å²) in [5, 5.41) is 18.1. The van der Waals surface area contributed by atoms with Crippen molar-refractivity contribution in [1.82, 2.24) is 4.90 Å². The van der Waals surface area contributed by atoms with Gasteiger partial charge in [0.25, 0.3) is 5.91 Å². The maximum absolute atomic E-state index is 13.3. The van der Waals surface area contributed by atoms with Gasteiger partial charge in [0.2, 0.25) is 0 Å². The summed E-state index contributed by atoms with van der Waals surface area (Å²) in [5.41, 5.74) is -3.35. The molecule has 0 N–H and O–H groups in total. The molecule has 0 aliphatic carbocycles. The zero-order valence-corrected chi connectivity index (χ0v) is 15.1. The third-order valence-corrected chi connectivity index (χ3v) is 4.83. The third kappa shape index (κ3) is 3.07. The van der Waals surface area contributed by atoms with E-state index in [-0.39, 0.29) is 5.69 Å². The molecular weight excluding hydrogens is 385 g/mol. The number of alkyl halides is 3. The highest BCUT2D eigenvalue weighted by Gasteiger charge is 2.56. The number of anilines is 1. The molecule has 2 aromatic rings. The summed E-state index contributed by atoms with van der Waals surface area (Å²) >= 11 is 0. The van der Waals surface area contributed by atoms with E-state index in [1.54, 1.807) is 30.3 Å². The van der Waals surface area contributed by atoms with E-state index in [9.17, 15) is 22.8 Å². The summed E-state index contributed by atoms with van der Waals surface area (Å²) in [6, 6.07) is 13.1. The fourth-order valence-electron chi connectivity index (χ4n) is 3.30. The number of benzene rings is 2. The summed E-state index contributed by atoms with van der Waals surface area (Å²) in [7, 11) is 0. The van der Waals surface area contributed by atoms with Crippen molar-refractivity contribution >= 4 is 17.6 Å². The number of rotatable bonds is 3. The number of urea groups is 1. The Labute approximate surface area is 164 Å². The summed E-state index contributed by atoms with van der Waals surface area (Å²) < 4.78 is 40.0. The molecule has 0 saturated carbocycles. The summed E-state index contributed by atoms with van der Waals surface area (Å²) in [4.78, 5) is 27.8. The van der Waals surface area contributed by atoms with Gasteiger partial charge in [-0.1, -0.05) is 30.3 Å². The van der Waals surface area contributed by atoms with Crippen molar-refractivity contribution in [2.24, 2.45) is 0 Å². The quantitative estimate of drug-likeness (QED) is 0.581. The minimum Gasteiger partial charge on any atom is -0.292 e. The molecule has 1 saturated heterocycles. The number of nitriles is 2. The van der Waals surface area contributed by atoms with Crippen LogP contribution in [0.1, 0.15) is 23.6 Å². The molecular formula is C20H13F3N4O2. The first kappa shape index (κ1) is 19.9. The van der Waals surface area contributed by atoms with Gasteiger partial charge in [0.05, 0.1) is 29.0 Å². The van der Waals surface area contributed by atoms with Gasteiger partial charge in [-0.15, -0.1) is 0 Å². The number of nitrogens with zero attached hydrogens (tertiary/aromatic N) is 4. The standard InChI is InChI=1S/C20H13F3N4O2/c1-19(14-5-3-2-4-6-14)17(28)27(18(29)26(19)10-9-24)15-8-7-13(12-25)16(11-15)20(21,22)23/h2-8,11H,10H2,1H3. The van der Waals surface area contributed by atoms with Crippen LogP contribution in [0.25, 0.3) is 0 Å². The Balaban J connectivity index is 2.17. The second-order valence-electron chi connectivity index (χ2n) is 6.45. The van der Waals surface area contributed by atoms with Crippen LogP contribution < -0.4 is 4.90 Å². The Hall–Kier alpha value is -3.85. The summed E-state index contributed by atoms with van der Waals surface area (Å²) in [5.74, 6) is -0.790. The monoisotopic (exact) mass is 398 g/mol. The first-order chi connectivity index (χ1) is 13.7. The number of imide groups is 1. The van der Waals surface area contributed by atoms with Crippen LogP contribution in [0, 0.1) is 22.7 Å². The molecule has 0 aromatic heterocycles. The van der Waals surface area contributed by atoms with Gasteiger partial charge >= 0.3 is 12.2 Å². The van der Waals surface area contributed by atoms with Crippen LogP contribution in [-0.4, -0.2) is 23.4 Å². The largest absolute Gasteiger partial charge is 0.417 e. The van der Waals surface area contributed by atoms with E-state index in [0.717, 1.165) is 17.0 Å². The molecule has 1 atom stereocenters. The second kappa shape index (κ2) is 6.95. The van der Waals surface area contributed by atoms with Crippen LogP contribution in [0.15, 0.2) is 48.5 Å². The number of amides is 3. The van der Waals surface area contributed by atoms with Crippen molar-refractivity contribution in [1.29, 1.82) is 10.5 Å². The van der Waals surface area contributed by atoms with Gasteiger partial charge in [0.15, 0.2) is 0 Å². The normalized spacial score (nSPS) is 19.2. The van der Waals surface area contributed by atoms with Gasteiger partial charge in [0.1, 0.15) is 12.1 Å². The maximum Gasteiger partial charge on any atom is 0.417 e. The lowest BCUT2D eigenvalue weighted by atomic mass is 9.90. The van der Waals surface area contributed by atoms with Crippen LogP contribution in [0.5, 0.6) is 0 Å². The molecule has 146 valence electrons. The van der Waals surface area contributed by atoms with E-state index in [4.69, 9.17) is 10.5 Å². The zero-order chi connectivity index (χ0) is 21.4. The summed E-state index contributed by atoms with van der Waals surface area (Å²) in [6.45, 7) is 1.00. The van der Waals surface area contributed by atoms with E-state index >= 15 is 0 Å². The van der Waals surface area contributed by atoms with Crippen molar-refractivity contribution in [3.8, 4) is 12.1 Å². The Bertz CT molecular complexity index is 1070. The molecule has 3 rings (SSSR count). The second-order valence-corrected chi connectivity index (χ2v) is 6.45. The van der Waals surface area contributed by atoms with Crippen LogP contribution in [0.4, 0.5) is 23.7 Å². The topological polar surface area (TPSA) is 88.2 Å². The smallest absolute Gasteiger partial charge is 0.292 e. The molecule has 0 bridgehead atoms. The average Bonchev–Trinajstić information content (AvgIpc) is 2.89. The highest BCUT2D eigenvalue weighted by Crippen LogP contribution is 2.41. The van der Waals surface area contributed by atoms with Crippen LogP contribution in [-0.2, 0) is 16.5 Å². The molecule has 6 nitrogen and oxygen atoms in total. The number of carbonyl (C=O) groups excluding carboxylic acids is 2. The van der Waals surface area contributed by atoms with Crippen molar-refractivity contribution < 1.29 is 22.8 Å². The lowest BCUT2D eigenvalue weighted by Crippen LogP contribution is -2.44. The lowest BCUT2D eigenvalue weighted by molar-refractivity contribution is -0.137. The van der Waals surface area contributed by atoms with Crippen molar-refractivity contribution in [3.05, 3.63) is 65.2 Å². The van der Waals surface area contributed by atoms with E-state index in [1.807, 2.05) is 6.07 Å². The van der Waals surface area contributed by atoms with Crippen molar-refractivity contribution in [2.75, 3.05) is 11.4 Å². The molecule has 9 heteroatoms. The van der Waals surface area contributed by atoms with Crippen LogP contribution >= 0.6 is 0 Å². The Morgan fingerprint density at radius 3 is 2.28 bits per heavy atom. The Morgan fingerprint density at radius 1 is 1.07 bits per heavy atom. The molecule has 29 heavy (non-hydrogen) atoms. The molecule has 1 fully saturated rings. The number of hydrogen-bond donors (Lipinski definition) is 0. The molecule has 0 spiro atoms. The first-order valence-corrected chi connectivity index (χ1v) is 8.36. The number of carbonyl (C=O) groups is 2. The number of halogens is 3. The van der Waals surface area contributed by atoms with E-state index in [0.29, 0.717) is 16.5 Å². The number of hydrogen-bond acceptors (Lipinski definition) is 4. The molecule has 1 heterocycles. The minimum absolute atomic E-state index is 0.325. The predicted molar refractivity (Wildman–Crippen MR) is 95.2 cm³/mol. The highest BCUT2D eigenvalue weighted by atomic mass is 19.4. The van der Waals surface area contributed by atoms with Crippen LogP contribution in [0.3, 0.4) is 0 Å². The van der Waals surface area contributed by atoms with Crippen LogP contribution in [0.2, 0.25) is 0 Å². The van der Waals surface area contributed by atoms with E-state index in [1.165, 1.54) is 13.0 Å². The fraction of sp³-hybridized carbons (Fsp3) is 0.200. The fourth-order valence-corrected chi connectivity index (χ4v) is 3.30. The van der Waals surface area contributed by atoms with E-state index < -0.39 is 41.3 Å². The maximum atomic E-state index is 13.3. The lowest BCUT2D eigenvalue weighted by Gasteiger charge is -2.30. The Kier molecular flexibility index (Phi) is 4.77. The molecule has 1 aliphatic rings. The van der Waals surface area contributed by atoms with Gasteiger partial charge in [-0.05, 0) is 30.7 Å².